The highest BCUT2D eigenvalue weighted by molar-refractivity contribution is 5.93. The van der Waals surface area contributed by atoms with Crippen LogP contribution < -0.4 is 20.7 Å². The monoisotopic (exact) mass is 303 g/mol. The normalized spacial score (nSPS) is 9.91. The number of nitrogens with one attached hydrogen (secondary N) is 3. The Kier molecular flexibility index (Phi) is 5.02. The zero-order chi connectivity index (χ0) is 15.9. The number of carbonyl (C=O) groups is 2. The highest BCUT2D eigenvalue weighted by Crippen LogP contribution is 2.27. The van der Waals surface area contributed by atoms with Gasteiger partial charge in [-0.2, -0.15) is 0 Å². The Bertz CT molecular complexity index is 653. The summed E-state index contributed by atoms with van der Waals surface area (Å²) in [7, 11) is 1.49. The van der Waals surface area contributed by atoms with Crippen molar-refractivity contribution in [3.8, 4) is 5.75 Å². The summed E-state index contributed by atoms with van der Waals surface area (Å²) >= 11 is 0. The van der Waals surface area contributed by atoms with Crippen molar-refractivity contribution in [1.29, 1.82) is 0 Å². The summed E-state index contributed by atoms with van der Waals surface area (Å²) < 4.78 is 10.1. The Morgan fingerprint density at radius 3 is 2.68 bits per heavy atom. The maximum absolute atomic E-state index is 11.8. The minimum atomic E-state index is -0.351. The standard InChI is InChI=1S/C15H17N3O4/c1-10(19)17-13-4-3-12(7-14(13)21-2)18-15(20)16-8-11-5-6-22-9-11/h3-7,9H,8H2,1-2H3,(H,17,19)(H2,16,18,20). The number of hydrogen-bond acceptors (Lipinski definition) is 4. The molecule has 0 unspecified atom stereocenters. The lowest BCUT2D eigenvalue weighted by molar-refractivity contribution is -0.114. The minimum Gasteiger partial charge on any atom is -0.494 e. The molecule has 0 aliphatic heterocycles. The highest BCUT2D eigenvalue weighted by Gasteiger charge is 2.08. The van der Waals surface area contributed by atoms with Gasteiger partial charge in [0.05, 0.1) is 25.3 Å². The lowest BCUT2D eigenvalue weighted by atomic mass is 10.2. The van der Waals surface area contributed by atoms with Gasteiger partial charge < -0.3 is 25.1 Å². The van der Waals surface area contributed by atoms with E-state index in [0.29, 0.717) is 23.7 Å². The van der Waals surface area contributed by atoms with Crippen molar-refractivity contribution in [3.05, 3.63) is 42.4 Å². The predicted molar refractivity (Wildman–Crippen MR) is 81.9 cm³/mol. The molecule has 0 radical (unpaired) electrons. The molecule has 0 atom stereocenters. The topological polar surface area (TPSA) is 92.6 Å². The molecule has 0 saturated heterocycles. The number of benzene rings is 1. The van der Waals surface area contributed by atoms with Crippen LogP contribution in [0.3, 0.4) is 0 Å². The van der Waals surface area contributed by atoms with Gasteiger partial charge in [-0.1, -0.05) is 0 Å². The second kappa shape index (κ2) is 7.16. The third-order valence-electron chi connectivity index (χ3n) is 2.80. The van der Waals surface area contributed by atoms with E-state index in [1.165, 1.54) is 14.0 Å². The maximum atomic E-state index is 11.8. The zero-order valence-electron chi connectivity index (χ0n) is 12.3. The average molecular weight is 303 g/mol. The van der Waals surface area contributed by atoms with Crippen molar-refractivity contribution in [2.24, 2.45) is 0 Å². The number of ether oxygens (including phenoxy) is 1. The van der Waals surface area contributed by atoms with Crippen LogP contribution in [0.25, 0.3) is 0 Å². The van der Waals surface area contributed by atoms with E-state index in [1.54, 1.807) is 36.8 Å². The molecule has 116 valence electrons. The van der Waals surface area contributed by atoms with Gasteiger partial charge in [-0.25, -0.2) is 4.79 Å². The number of methoxy groups -OCH3 is 1. The average Bonchev–Trinajstić information content (AvgIpc) is 2.99. The summed E-state index contributed by atoms with van der Waals surface area (Å²) in [6, 6.07) is 6.38. The van der Waals surface area contributed by atoms with Crippen molar-refractivity contribution in [3.63, 3.8) is 0 Å². The van der Waals surface area contributed by atoms with Crippen molar-refractivity contribution >= 4 is 23.3 Å². The van der Waals surface area contributed by atoms with Crippen LogP contribution in [0.5, 0.6) is 5.75 Å². The molecule has 3 amide bonds. The van der Waals surface area contributed by atoms with Gasteiger partial charge in [0.15, 0.2) is 0 Å². The molecule has 7 heteroatoms. The Hall–Kier alpha value is -2.96. The van der Waals surface area contributed by atoms with E-state index in [0.717, 1.165) is 5.56 Å². The van der Waals surface area contributed by atoms with Gasteiger partial charge in [0.25, 0.3) is 0 Å². The summed E-state index contributed by atoms with van der Waals surface area (Å²) in [6.45, 7) is 1.78. The Morgan fingerprint density at radius 2 is 2.05 bits per heavy atom. The largest absolute Gasteiger partial charge is 0.494 e. The molecule has 0 bridgehead atoms. The number of rotatable bonds is 5. The molecule has 1 heterocycles. The summed E-state index contributed by atoms with van der Waals surface area (Å²) in [4.78, 5) is 22.9. The summed E-state index contributed by atoms with van der Waals surface area (Å²) in [6.07, 6.45) is 3.10. The van der Waals surface area contributed by atoms with Gasteiger partial charge in [0.1, 0.15) is 5.75 Å². The first kappa shape index (κ1) is 15.4. The molecule has 3 N–H and O–H groups in total. The number of amides is 3. The molecule has 0 saturated carbocycles. The van der Waals surface area contributed by atoms with Crippen LogP contribution in [-0.2, 0) is 11.3 Å². The first-order chi connectivity index (χ1) is 10.6. The molecule has 1 aromatic heterocycles. The van der Waals surface area contributed by atoms with Crippen LogP contribution in [0, 0.1) is 0 Å². The highest BCUT2D eigenvalue weighted by atomic mass is 16.5. The van der Waals surface area contributed by atoms with Gasteiger partial charge in [0, 0.05) is 30.8 Å². The predicted octanol–water partition coefficient (Wildman–Crippen LogP) is 2.57. The van der Waals surface area contributed by atoms with Crippen molar-refractivity contribution < 1.29 is 18.7 Å². The first-order valence-electron chi connectivity index (χ1n) is 6.60. The second-order valence-electron chi connectivity index (χ2n) is 4.54. The third-order valence-corrected chi connectivity index (χ3v) is 2.80. The van der Waals surface area contributed by atoms with Crippen molar-refractivity contribution in [1.82, 2.24) is 5.32 Å². The fourth-order valence-corrected chi connectivity index (χ4v) is 1.81. The Labute approximate surface area is 127 Å². The van der Waals surface area contributed by atoms with E-state index >= 15 is 0 Å². The minimum absolute atomic E-state index is 0.197. The summed E-state index contributed by atoms with van der Waals surface area (Å²) in [5.41, 5.74) is 1.96. The first-order valence-corrected chi connectivity index (χ1v) is 6.60. The van der Waals surface area contributed by atoms with Crippen LogP contribution in [0.15, 0.2) is 41.2 Å². The number of hydrogen-bond donors (Lipinski definition) is 3. The van der Waals surface area contributed by atoms with Gasteiger partial charge in [-0.15, -0.1) is 0 Å². The molecule has 0 spiro atoms. The van der Waals surface area contributed by atoms with E-state index in [4.69, 9.17) is 9.15 Å². The van der Waals surface area contributed by atoms with Crippen molar-refractivity contribution in [2.75, 3.05) is 17.7 Å². The summed E-state index contributed by atoms with van der Waals surface area (Å²) in [5.74, 6) is 0.264. The molecule has 2 rings (SSSR count). The van der Waals surface area contributed by atoms with Crippen LogP contribution in [0.4, 0.5) is 16.2 Å². The lowest BCUT2D eigenvalue weighted by Crippen LogP contribution is -2.28. The van der Waals surface area contributed by atoms with E-state index in [-0.39, 0.29) is 11.9 Å². The molecular weight excluding hydrogens is 286 g/mol. The quantitative estimate of drug-likeness (QED) is 0.791. The van der Waals surface area contributed by atoms with Gasteiger partial charge in [-0.3, -0.25) is 4.79 Å². The van der Waals surface area contributed by atoms with E-state index in [9.17, 15) is 9.59 Å². The fourth-order valence-electron chi connectivity index (χ4n) is 1.81. The second-order valence-corrected chi connectivity index (χ2v) is 4.54. The van der Waals surface area contributed by atoms with Crippen LogP contribution in [0.2, 0.25) is 0 Å². The fraction of sp³-hybridized carbons (Fsp3) is 0.200. The molecule has 22 heavy (non-hydrogen) atoms. The van der Waals surface area contributed by atoms with E-state index in [2.05, 4.69) is 16.0 Å². The molecular formula is C15H17N3O4. The number of carbonyl (C=O) groups excluding carboxylic acids is 2. The zero-order valence-corrected chi connectivity index (χ0v) is 12.3. The molecule has 0 fully saturated rings. The maximum Gasteiger partial charge on any atom is 0.319 e. The lowest BCUT2D eigenvalue weighted by Gasteiger charge is -2.12. The Balaban J connectivity index is 1.97. The smallest absolute Gasteiger partial charge is 0.319 e. The van der Waals surface area contributed by atoms with Crippen LogP contribution in [0.1, 0.15) is 12.5 Å². The van der Waals surface area contributed by atoms with E-state index < -0.39 is 0 Å². The molecule has 7 nitrogen and oxygen atoms in total. The Morgan fingerprint density at radius 1 is 1.23 bits per heavy atom. The van der Waals surface area contributed by atoms with Gasteiger partial charge in [-0.05, 0) is 18.2 Å². The number of furan rings is 1. The number of urea groups is 1. The van der Waals surface area contributed by atoms with Gasteiger partial charge in [0.2, 0.25) is 5.91 Å². The van der Waals surface area contributed by atoms with Crippen molar-refractivity contribution in [2.45, 2.75) is 13.5 Å². The van der Waals surface area contributed by atoms with Crippen LogP contribution in [-0.4, -0.2) is 19.0 Å². The third kappa shape index (κ3) is 4.27. The SMILES string of the molecule is COc1cc(NC(=O)NCc2ccoc2)ccc1NC(C)=O. The van der Waals surface area contributed by atoms with Gasteiger partial charge >= 0.3 is 6.03 Å². The van der Waals surface area contributed by atoms with E-state index in [1.807, 2.05) is 0 Å². The van der Waals surface area contributed by atoms with Crippen LogP contribution >= 0.6 is 0 Å². The molecule has 0 aliphatic rings. The molecule has 1 aromatic carbocycles. The molecule has 2 aromatic rings. The number of anilines is 2. The summed E-state index contributed by atoms with van der Waals surface area (Å²) in [5, 5.41) is 8.03. The molecule has 0 aliphatic carbocycles.